The van der Waals surface area contributed by atoms with Crippen LogP contribution in [0.2, 0.25) is 0 Å². The number of pyridine rings is 1. The third-order valence-electron chi connectivity index (χ3n) is 9.00. The molecule has 2 fully saturated rings. The average Bonchev–Trinajstić information content (AvgIpc) is 3.68. The summed E-state index contributed by atoms with van der Waals surface area (Å²) in [5.41, 5.74) is 0.679. The molecule has 1 aliphatic heterocycles. The van der Waals surface area contributed by atoms with Crippen molar-refractivity contribution >= 4 is 42.7 Å². The SMILES string of the molecule is CN(c1c(C#N)cnc2c1ccn2S(=O)(=O)c1ccccc1)[C@H]1CC[C@H](CS(=O)(=O)N2CCC(CNCC(=O)OC(C)(C)C)C2)CC1. The summed E-state index contributed by atoms with van der Waals surface area (Å²) in [4.78, 5) is 18.5. The third-order valence-corrected chi connectivity index (χ3v) is 12.7. The van der Waals surface area contributed by atoms with Crippen LogP contribution in [0.4, 0.5) is 5.69 Å². The minimum Gasteiger partial charge on any atom is -0.459 e. The summed E-state index contributed by atoms with van der Waals surface area (Å²) in [5, 5.41) is 13.6. The lowest BCUT2D eigenvalue weighted by Gasteiger charge is -2.36. The Bertz CT molecular complexity index is 1840. The quantitative estimate of drug-likeness (QED) is 0.296. The molecule has 1 aromatic carbocycles. The molecule has 1 atom stereocenters. The van der Waals surface area contributed by atoms with E-state index in [0.717, 1.165) is 36.1 Å². The van der Waals surface area contributed by atoms with Gasteiger partial charge in [-0.25, -0.2) is 30.1 Å². The van der Waals surface area contributed by atoms with Crippen molar-refractivity contribution in [3.63, 3.8) is 0 Å². The fraction of sp³-hybridized carbons (Fsp3) is 0.545. The van der Waals surface area contributed by atoms with Gasteiger partial charge in [0.05, 0.1) is 28.4 Å². The molecule has 47 heavy (non-hydrogen) atoms. The number of hydrogen-bond acceptors (Lipinski definition) is 10. The summed E-state index contributed by atoms with van der Waals surface area (Å²) in [6.45, 7) is 7.03. The molecule has 2 aromatic heterocycles. The molecule has 1 unspecified atom stereocenters. The van der Waals surface area contributed by atoms with E-state index in [1.165, 1.54) is 24.5 Å². The van der Waals surface area contributed by atoms with E-state index < -0.39 is 25.6 Å². The molecule has 14 heteroatoms. The zero-order valence-electron chi connectivity index (χ0n) is 27.4. The van der Waals surface area contributed by atoms with Gasteiger partial charge in [0.1, 0.15) is 11.7 Å². The average molecular weight is 685 g/mol. The molecule has 3 aromatic rings. The highest BCUT2D eigenvalue weighted by Crippen LogP contribution is 2.37. The van der Waals surface area contributed by atoms with Gasteiger partial charge in [-0.2, -0.15) is 5.26 Å². The summed E-state index contributed by atoms with van der Waals surface area (Å²) in [6.07, 6.45) is 6.57. The van der Waals surface area contributed by atoms with E-state index in [2.05, 4.69) is 16.4 Å². The van der Waals surface area contributed by atoms with Gasteiger partial charge in [0, 0.05) is 44.0 Å². The van der Waals surface area contributed by atoms with Crippen LogP contribution >= 0.6 is 0 Å². The van der Waals surface area contributed by atoms with Crippen LogP contribution in [0.5, 0.6) is 0 Å². The van der Waals surface area contributed by atoms with E-state index in [9.17, 15) is 26.9 Å². The molecule has 1 N–H and O–H groups in total. The number of sulfonamides is 1. The lowest BCUT2D eigenvalue weighted by Crippen LogP contribution is -2.39. The number of carbonyl (C=O) groups excluding carboxylic acids is 1. The molecule has 12 nitrogen and oxygen atoms in total. The second-order valence-corrected chi connectivity index (χ2v) is 17.4. The van der Waals surface area contributed by atoms with Gasteiger partial charge < -0.3 is 15.0 Å². The summed E-state index contributed by atoms with van der Waals surface area (Å²) >= 11 is 0. The first-order valence-corrected chi connectivity index (χ1v) is 19.1. The Kier molecular flexibility index (Phi) is 10.3. The molecule has 254 valence electrons. The summed E-state index contributed by atoms with van der Waals surface area (Å²) < 4.78 is 61.6. The smallest absolute Gasteiger partial charge is 0.320 e. The maximum atomic E-state index is 13.4. The Morgan fingerprint density at radius 1 is 1.06 bits per heavy atom. The van der Waals surface area contributed by atoms with Crippen LogP contribution < -0.4 is 10.2 Å². The van der Waals surface area contributed by atoms with E-state index in [-0.39, 0.29) is 46.7 Å². The van der Waals surface area contributed by atoms with Crippen LogP contribution in [0.25, 0.3) is 11.0 Å². The standard InChI is InChI=1S/C33H44N6O6S2/c1-33(2,3)45-30(40)21-35-19-25-14-16-38(22-25)46(41,42)23-24-10-12-27(13-11-24)37(4)31-26(18-34)20-36-32-29(31)15-17-39(32)47(43,44)28-8-6-5-7-9-28/h5-9,15,17,20,24-25,27,35H,10-14,16,19,21-23H2,1-4H3/t24-,25?,27-. The number of nitriles is 1. The highest BCUT2D eigenvalue weighted by molar-refractivity contribution is 7.90. The van der Waals surface area contributed by atoms with Gasteiger partial charge >= 0.3 is 5.97 Å². The normalized spacial score (nSPS) is 21.0. The Balaban J connectivity index is 1.19. The number of hydrogen-bond donors (Lipinski definition) is 1. The van der Waals surface area contributed by atoms with Crippen LogP contribution in [-0.4, -0.2) is 86.7 Å². The first-order chi connectivity index (χ1) is 22.2. The fourth-order valence-electron chi connectivity index (χ4n) is 6.67. The third kappa shape index (κ3) is 7.97. The molecule has 0 amide bonds. The fourth-order valence-corrected chi connectivity index (χ4v) is 9.95. The van der Waals surface area contributed by atoms with Crippen molar-refractivity contribution in [1.82, 2.24) is 18.6 Å². The van der Waals surface area contributed by atoms with Crippen LogP contribution in [0.1, 0.15) is 58.4 Å². The molecule has 1 saturated carbocycles. The van der Waals surface area contributed by atoms with Gasteiger partial charge in [-0.05, 0) is 89.5 Å². The lowest BCUT2D eigenvalue weighted by atomic mass is 9.86. The highest BCUT2D eigenvalue weighted by Gasteiger charge is 2.35. The van der Waals surface area contributed by atoms with Crippen molar-refractivity contribution in [2.75, 3.05) is 43.9 Å². The molecule has 3 heterocycles. The van der Waals surface area contributed by atoms with Crippen LogP contribution in [-0.2, 0) is 29.6 Å². The van der Waals surface area contributed by atoms with E-state index >= 15 is 0 Å². The summed E-state index contributed by atoms with van der Waals surface area (Å²) in [7, 11) is -5.42. The first kappa shape index (κ1) is 34.8. The van der Waals surface area contributed by atoms with E-state index in [1.54, 1.807) is 28.6 Å². The zero-order valence-corrected chi connectivity index (χ0v) is 29.1. The van der Waals surface area contributed by atoms with E-state index in [1.807, 2.05) is 32.7 Å². The van der Waals surface area contributed by atoms with Crippen molar-refractivity contribution in [2.45, 2.75) is 69.4 Å². The molecular weight excluding hydrogens is 641 g/mol. The molecule has 5 rings (SSSR count). The van der Waals surface area contributed by atoms with Crippen molar-refractivity contribution < 1.29 is 26.4 Å². The van der Waals surface area contributed by atoms with Crippen LogP contribution in [0.3, 0.4) is 0 Å². The molecule has 0 spiro atoms. The van der Waals surface area contributed by atoms with Crippen molar-refractivity contribution in [2.24, 2.45) is 11.8 Å². The largest absolute Gasteiger partial charge is 0.459 e. The highest BCUT2D eigenvalue weighted by atomic mass is 32.2. The lowest BCUT2D eigenvalue weighted by molar-refractivity contribution is -0.153. The number of benzene rings is 1. The minimum absolute atomic E-state index is 0.0268. The predicted molar refractivity (Wildman–Crippen MR) is 180 cm³/mol. The second-order valence-electron chi connectivity index (χ2n) is 13.6. The van der Waals surface area contributed by atoms with Gasteiger partial charge in [-0.1, -0.05) is 18.2 Å². The van der Waals surface area contributed by atoms with Gasteiger partial charge in [0.15, 0.2) is 5.65 Å². The maximum absolute atomic E-state index is 13.4. The summed E-state index contributed by atoms with van der Waals surface area (Å²) in [5.74, 6) is -0.0579. The van der Waals surface area contributed by atoms with E-state index in [0.29, 0.717) is 36.3 Å². The summed E-state index contributed by atoms with van der Waals surface area (Å²) in [6, 6.07) is 12.1. The number of nitrogens with zero attached hydrogens (tertiary/aromatic N) is 5. The molecule has 0 bridgehead atoms. The number of aromatic nitrogens is 2. The zero-order chi connectivity index (χ0) is 34.0. The Hall–Kier alpha value is -3.51. The first-order valence-electron chi connectivity index (χ1n) is 16.0. The molecule has 1 aliphatic carbocycles. The number of fused-ring (bicyclic) bond motifs is 1. The van der Waals surface area contributed by atoms with Gasteiger partial charge in [0.2, 0.25) is 10.0 Å². The Morgan fingerprint density at radius 2 is 1.77 bits per heavy atom. The predicted octanol–water partition coefficient (Wildman–Crippen LogP) is 3.72. The van der Waals surface area contributed by atoms with Gasteiger partial charge in [-0.3, -0.25) is 4.79 Å². The van der Waals surface area contributed by atoms with E-state index in [4.69, 9.17) is 4.74 Å². The minimum atomic E-state index is -3.89. The molecular formula is C33H44N6O6S2. The Morgan fingerprint density at radius 3 is 2.43 bits per heavy atom. The number of rotatable bonds is 11. The maximum Gasteiger partial charge on any atom is 0.320 e. The van der Waals surface area contributed by atoms with Crippen molar-refractivity contribution in [1.29, 1.82) is 5.26 Å². The number of esters is 1. The number of ether oxygens (including phenoxy) is 1. The second kappa shape index (κ2) is 13.9. The van der Waals surface area contributed by atoms with Gasteiger partial charge in [-0.15, -0.1) is 0 Å². The number of nitrogens with one attached hydrogen (secondary N) is 1. The van der Waals surface area contributed by atoms with Crippen molar-refractivity contribution in [3.8, 4) is 6.07 Å². The monoisotopic (exact) mass is 684 g/mol. The van der Waals surface area contributed by atoms with Crippen molar-refractivity contribution in [3.05, 3.63) is 54.4 Å². The van der Waals surface area contributed by atoms with Crippen LogP contribution in [0, 0.1) is 23.2 Å². The van der Waals surface area contributed by atoms with Gasteiger partial charge in [0.25, 0.3) is 10.0 Å². The topological polar surface area (TPSA) is 155 Å². The molecule has 1 saturated heterocycles. The number of carbonyl (C=O) groups is 1. The Labute approximate surface area is 277 Å². The molecule has 0 radical (unpaired) electrons. The molecule has 2 aliphatic rings. The van der Waals surface area contributed by atoms with Crippen LogP contribution in [0.15, 0.2) is 53.7 Å². The number of anilines is 1.